The Morgan fingerprint density at radius 2 is 1.83 bits per heavy atom. The summed E-state index contributed by atoms with van der Waals surface area (Å²) in [6.07, 6.45) is 3.19. The zero-order chi connectivity index (χ0) is 17.6. The van der Waals surface area contributed by atoms with Crippen molar-refractivity contribution in [1.82, 2.24) is 4.31 Å². The van der Waals surface area contributed by atoms with Crippen LogP contribution in [0.3, 0.4) is 0 Å². The van der Waals surface area contributed by atoms with Crippen molar-refractivity contribution >= 4 is 39.0 Å². The fraction of sp³-hybridized carbons (Fsp3) is 0.235. The van der Waals surface area contributed by atoms with E-state index in [2.05, 4.69) is 5.32 Å². The average molecular weight is 364 g/mol. The first-order valence-corrected chi connectivity index (χ1v) is 9.92. The molecule has 2 rings (SSSR count). The number of thiophene rings is 1. The lowest BCUT2D eigenvalue weighted by Gasteiger charge is -2.18. The maximum atomic E-state index is 12.4. The molecule has 0 unspecified atom stereocenters. The number of carbonyl (C=O) groups is 1. The molecular weight excluding hydrogens is 344 g/mol. The Kier molecular flexibility index (Phi) is 6.30. The maximum absolute atomic E-state index is 12.4. The van der Waals surface area contributed by atoms with E-state index < -0.39 is 10.0 Å². The van der Waals surface area contributed by atoms with Crippen molar-refractivity contribution in [2.24, 2.45) is 0 Å². The molecule has 24 heavy (non-hydrogen) atoms. The van der Waals surface area contributed by atoms with Gasteiger partial charge >= 0.3 is 0 Å². The molecule has 1 aromatic carbocycles. The molecule has 1 aromatic heterocycles. The van der Waals surface area contributed by atoms with Gasteiger partial charge in [-0.05, 0) is 41.8 Å². The van der Waals surface area contributed by atoms with Gasteiger partial charge in [-0.1, -0.05) is 19.9 Å². The Balaban J connectivity index is 2.05. The highest BCUT2D eigenvalue weighted by Crippen LogP contribution is 2.18. The monoisotopic (exact) mass is 364 g/mol. The van der Waals surface area contributed by atoms with Crippen LogP contribution in [0.15, 0.2) is 52.7 Å². The summed E-state index contributed by atoms with van der Waals surface area (Å²) in [6, 6.07) is 10.0. The van der Waals surface area contributed by atoms with E-state index in [-0.39, 0.29) is 10.8 Å². The molecule has 1 amide bonds. The van der Waals surface area contributed by atoms with Crippen LogP contribution >= 0.6 is 11.3 Å². The maximum Gasteiger partial charge on any atom is 0.248 e. The van der Waals surface area contributed by atoms with Gasteiger partial charge in [0.15, 0.2) is 0 Å². The third-order valence-electron chi connectivity index (χ3n) is 3.41. The van der Waals surface area contributed by atoms with Gasteiger partial charge in [0.05, 0.1) is 4.90 Å². The van der Waals surface area contributed by atoms with Gasteiger partial charge in [0.1, 0.15) is 0 Å². The third kappa shape index (κ3) is 4.53. The highest BCUT2D eigenvalue weighted by Gasteiger charge is 2.21. The van der Waals surface area contributed by atoms with Gasteiger partial charge in [0, 0.05) is 29.7 Å². The molecule has 0 aliphatic carbocycles. The lowest BCUT2D eigenvalue weighted by Crippen LogP contribution is -2.30. The molecule has 7 heteroatoms. The standard InChI is InChI=1S/C17H20N2O3S2/c1-3-19(4-2)24(21,22)16-10-7-14(8-11-16)18-17(20)12-9-15-6-5-13-23-15/h5-13H,3-4H2,1-2H3,(H,18,20)/b12-9+. The van der Waals surface area contributed by atoms with Crippen LogP contribution in [-0.2, 0) is 14.8 Å². The SMILES string of the molecule is CCN(CC)S(=O)(=O)c1ccc(NC(=O)/C=C/c2cccs2)cc1. The minimum atomic E-state index is -3.48. The Hall–Kier alpha value is -1.96. The van der Waals surface area contributed by atoms with E-state index in [1.807, 2.05) is 17.5 Å². The average Bonchev–Trinajstić information content (AvgIpc) is 3.08. The molecule has 0 bridgehead atoms. The van der Waals surface area contributed by atoms with E-state index in [4.69, 9.17) is 0 Å². The molecule has 0 atom stereocenters. The van der Waals surface area contributed by atoms with Gasteiger partial charge in [0.2, 0.25) is 15.9 Å². The number of rotatable bonds is 7. The first kappa shape index (κ1) is 18.4. The molecule has 5 nitrogen and oxygen atoms in total. The van der Waals surface area contributed by atoms with Crippen molar-refractivity contribution < 1.29 is 13.2 Å². The number of anilines is 1. The van der Waals surface area contributed by atoms with Crippen LogP contribution in [0.5, 0.6) is 0 Å². The van der Waals surface area contributed by atoms with E-state index in [1.54, 1.807) is 43.4 Å². The van der Waals surface area contributed by atoms with E-state index in [1.165, 1.54) is 22.5 Å². The van der Waals surface area contributed by atoms with Crippen LogP contribution in [0.2, 0.25) is 0 Å². The number of benzene rings is 1. The predicted octanol–water partition coefficient (Wildman–Crippen LogP) is 3.43. The second-order valence-corrected chi connectivity index (χ2v) is 7.87. The fourth-order valence-electron chi connectivity index (χ4n) is 2.15. The first-order chi connectivity index (χ1) is 11.5. The number of nitrogens with zero attached hydrogens (tertiary/aromatic N) is 1. The predicted molar refractivity (Wildman–Crippen MR) is 98.5 cm³/mol. The van der Waals surface area contributed by atoms with Gasteiger partial charge in [0.25, 0.3) is 0 Å². The van der Waals surface area contributed by atoms with Crippen LogP contribution in [0, 0.1) is 0 Å². The minimum Gasteiger partial charge on any atom is -0.323 e. The lowest BCUT2D eigenvalue weighted by molar-refractivity contribution is -0.111. The molecular formula is C17H20N2O3S2. The highest BCUT2D eigenvalue weighted by molar-refractivity contribution is 7.89. The molecule has 0 saturated carbocycles. The summed E-state index contributed by atoms with van der Waals surface area (Å²) in [5.41, 5.74) is 0.550. The van der Waals surface area contributed by atoms with E-state index >= 15 is 0 Å². The molecule has 1 heterocycles. The summed E-state index contributed by atoms with van der Waals surface area (Å²) in [5, 5.41) is 4.65. The Morgan fingerprint density at radius 3 is 2.38 bits per heavy atom. The first-order valence-electron chi connectivity index (χ1n) is 7.60. The quantitative estimate of drug-likeness (QED) is 0.766. The Labute approximate surface area is 146 Å². The van der Waals surface area contributed by atoms with Gasteiger partial charge in [-0.15, -0.1) is 11.3 Å². The van der Waals surface area contributed by atoms with Crippen LogP contribution in [-0.4, -0.2) is 31.7 Å². The zero-order valence-electron chi connectivity index (χ0n) is 13.6. The fourth-order valence-corrected chi connectivity index (χ4v) is 4.23. The van der Waals surface area contributed by atoms with Crippen LogP contribution in [0.1, 0.15) is 18.7 Å². The minimum absolute atomic E-state index is 0.221. The van der Waals surface area contributed by atoms with E-state index in [0.29, 0.717) is 18.8 Å². The summed E-state index contributed by atoms with van der Waals surface area (Å²) in [4.78, 5) is 13.1. The van der Waals surface area contributed by atoms with Gasteiger partial charge in [-0.25, -0.2) is 8.42 Å². The molecule has 0 fully saturated rings. The summed E-state index contributed by atoms with van der Waals surface area (Å²) in [5.74, 6) is -0.261. The summed E-state index contributed by atoms with van der Waals surface area (Å²) in [7, 11) is -3.48. The third-order valence-corrected chi connectivity index (χ3v) is 6.31. The summed E-state index contributed by atoms with van der Waals surface area (Å²) < 4.78 is 26.2. The zero-order valence-corrected chi connectivity index (χ0v) is 15.2. The van der Waals surface area contributed by atoms with Gasteiger partial charge in [-0.3, -0.25) is 4.79 Å². The van der Waals surface area contributed by atoms with Crippen LogP contribution in [0.4, 0.5) is 5.69 Å². The normalized spacial score (nSPS) is 12.0. The van der Waals surface area contributed by atoms with Gasteiger partial charge < -0.3 is 5.32 Å². The second kappa shape index (κ2) is 8.23. The van der Waals surface area contributed by atoms with Crippen LogP contribution < -0.4 is 5.32 Å². The lowest BCUT2D eigenvalue weighted by atomic mass is 10.3. The molecule has 0 spiro atoms. The smallest absolute Gasteiger partial charge is 0.248 e. The molecule has 0 radical (unpaired) electrons. The van der Waals surface area contributed by atoms with Crippen molar-refractivity contribution in [3.05, 3.63) is 52.7 Å². The number of nitrogens with one attached hydrogen (secondary N) is 1. The van der Waals surface area contributed by atoms with Crippen LogP contribution in [0.25, 0.3) is 6.08 Å². The molecule has 1 N–H and O–H groups in total. The van der Waals surface area contributed by atoms with E-state index in [0.717, 1.165) is 4.88 Å². The largest absolute Gasteiger partial charge is 0.323 e. The summed E-state index contributed by atoms with van der Waals surface area (Å²) >= 11 is 1.54. The van der Waals surface area contributed by atoms with Crippen molar-refractivity contribution in [1.29, 1.82) is 0 Å². The molecule has 0 aliphatic heterocycles. The number of hydrogen-bond acceptors (Lipinski definition) is 4. The number of carbonyl (C=O) groups excluding carboxylic acids is 1. The van der Waals surface area contributed by atoms with Crippen molar-refractivity contribution in [2.45, 2.75) is 18.7 Å². The second-order valence-electron chi connectivity index (χ2n) is 4.95. The number of sulfonamides is 1. The summed E-state index contributed by atoms with van der Waals surface area (Å²) in [6.45, 7) is 4.45. The van der Waals surface area contributed by atoms with Crippen molar-refractivity contribution in [3.63, 3.8) is 0 Å². The Morgan fingerprint density at radius 1 is 1.17 bits per heavy atom. The highest BCUT2D eigenvalue weighted by atomic mass is 32.2. The molecule has 0 saturated heterocycles. The molecule has 2 aromatic rings. The topological polar surface area (TPSA) is 66.5 Å². The van der Waals surface area contributed by atoms with Crippen molar-refractivity contribution in [2.75, 3.05) is 18.4 Å². The Bertz CT molecular complexity index is 791. The van der Waals surface area contributed by atoms with E-state index in [9.17, 15) is 13.2 Å². The van der Waals surface area contributed by atoms with Crippen molar-refractivity contribution in [3.8, 4) is 0 Å². The van der Waals surface area contributed by atoms with Gasteiger partial charge in [-0.2, -0.15) is 4.31 Å². The molecule has 128 valence electrons. The molecule has 0 aliphatic rings. The number of hydrogen-bond donors (Lipinski definition) is 1. The number of amides is 1.